The lowest BCUT2D eigenvalue weighted by atomic mass is 10.1. The highest BCUT2D eigenvalue weighted by Gasteiger charge is 2.06. The molecule has 0 aliphatic rings. The van der Waals surface area contributed by atoms with Crippen molar-refractivity contribution < 1.29 is 14.3 Å². The summed E-state index contributed by atoms with van der Waals surface area (Å²) < 4.78 is 13.1. The van der Waals surface area contributed by atoms with E-state index in [2.05, 4.69) is 9.97 Å². The van der Waals surface area contributed by atoms with E-state index in [1.807, 2.05) is 6.07 Å². The molecule has 0 amide bonds. The number of aromatic nitrogens is 2. The third kappa shape index (κ3) is 2.86. The maximum Gasteiger partial charge on any atom is 0.335 e. The van der Waals surface area contributed by atoms with Crippen LogP contribution < -0.4 is 0 Å². The molecule has 0 atom stereocenters. The molecule has 1 N–H and O–H groups in total. The van der Waals surface area contributed by atoms with E-state index in [-0.39, 0.29) is 11.4 Å². The second-order valence-electron chi connectivity index (χ2n) is 4.70. The Kier molecular flexibility index (Phi) is 3.31. The molecular formula is C16H11FN2O2. The molecule has 1 aromatic carbocycles. The molecule has 0 fully saturated rings. The summed E-state index contributed by atoms with van der Waals surface area (Å²) in [7, 11) is 0. The van der Waals surface area contributed by atoms with Gasteiger partial charge in [-0.15, -0.1) is 0 Å². The van der Waals surface area contributed by atoms with Gasteiger partial charge in [0.15, 0.2) is 0 Å². The van der Waals surface area contributed by atoms with E-state index in [1.54, 1.807) is 12.3 Å². The van der Waals surface area contributed by atoms with Crippen molar-refractivity contribution in [2.45, 2.75) is 6.42 Å². The van der Waals surface area contributed by atoms with Crippen LogP contribution in [0.5, 0.6) is 0 Å². The van der Waals surface area contributed by atoms with Gasteiger partial charge in [0.05, 0.1) is 11.1 Å². The summed E-state index contributed by atoms with van der Waals surface area (Å²) in [5, 5.41) is 9.80. The van der Waals surface area contributed by atoms with Crippen LogP contribution in [0.25, 0.3) is 10.9 Å². The van der Waals surface area contributed by atoms with Crippen LogP contribution in [0.15, 0.2) is 48.8 Å². The summed E-state index contributed by atoms with van der Waals surface area (Å²) in [5.74, 6) is -1.30. The molecule has 0 saturated carbocycles. The van der Waals surface area contributed by atoms with Gasteiger partial charge in [-0.1, -0.05) is 0 Å². The normalized spacial score (nSPS) is 10.7. The lowest BCUT2D eigenvalue weighted by Gasteiger charge is -2.04. The second kappa shape index (κ2) is 5.28. The Morgan fingerprint density at radius 1 is 1.14 bits per heavy atom. The summed E-state index contributed by atoms with van der Waals surface area (Å²) in [6, 6.07) is 9.32. The van der Waals surface area contributed by atoms with Gasteiger partial charge in [0.25, 0.3) is 0 Å². The minimum absolute atomic E-state index is 0.204. The highest BCUT2D eigenvalue weighted by molar-refractivity contribution is 5.87. The quantitative estimate of drug-likeness (QED) is 0.802. The Hall–Kier alpha value is -2.82. The summed E-state index contributed by atoms with van der Waals surface area (Å²) in [4.78, 5) is 19.3. The van der Waals surface area contributed by atoms with Crippen molar-refractivity contribution in [3.8, 4) is 0 Å². The average molecular weight is 282 g/mol. The Labute approximate surface area is 119 Å². The van der Waals surface area contributed by atoms with Gasteiger partial charge in [0.2, 0.25) is 0 Å². The van der Waals surface area contributed by atoms with E-state index < -0.39 is 5.97 Å². The molecule has 104 valence electrons. The molecule has 0 saturated heterocycles. The molecule has 4 nitrogen and oxygen atoms in total. The molecular weight excluding hydrogens is 271 g/mol. The van der Waals surface area contributed by atoms with Crippen LogP contribution in [0.2, 0.25) is 0 Å². The van der Waals surface area contributed by atoms with Crippen molar-refractivity contribution in [2.75, 3.05) is 0 Å². The van der Waals surface area contributed by atoms with Crippen molar-refractivity contribution >= 4 is 16.9 Å². The fourth-order valence-electron chi connectivity index (χ4n) is 2.15. The summed E-state index contributed by atoms with van der Waals surface area (Å²) in [5.41, 5.74) is 2.34. The Bertz CT molecular complexity index is 833. The summed E-state index contributed by atoms with van der Waals surface area (Å²) in [6.45, 7) is 0. The fraction of sp³-hybridized carbons (Fsp3) is 0.0625. The van der Waals surface area contributed by atoms with Gasteiger partial charge >= 0.3 is 5.97 Å². The molecule has 3 rings (SSSR count). The predicted molar refractivity (Wildman–Crippen MR) is 75.7 cm³/mol. The van der Waals surface area contributed by atoms with E-state index in [1.165, 1.54) is 30.5 Å². The molecule has 5 heteroatoms. The third-order valence-electron chi connectivity index (χ3n) is 3.15. The molecule has 2 aromatic heterocycles. The first kappa shape index (κ1) is 13.2. The molecule has 0 aliphatic heterocycles. The molecule has 0 radical (unpaired) electrons. The van der Waals surface area contributed by atoms with E-state index >= 15 is 0 Å². The van der Waals surface area contributed by atoms with Crippen LogP contribution in [-0.4, -0.2) is 21.0 Å². The number of carbonyl (C=O) groups is 1. The molecule has 0 unspecified atom stereocenters. The predicted octanol–water partition coefficient (Wildman–Crippen LogP) is 3.06. The smallest absolute Gasteiger partial charge is 0.335 e. The number of rotatable bonds is 3. The van der Waals surface area contributed by atoms with Crippen LogP contribution in [0.3, 0.4) is 0 Å². The van der Waals surface area contributed by atoms with Crippen molar-refractivity contribution in [1.29, 1.82) is 0 Å². The molecule has 0 spiro atoms. The lowest BCUT2D eigenvalue weighted by molar-refractivity contribution is 0.0696. The fourth-order valence-corrected chi connectivity index (χ4v) is 2.15. The zero-order valence-corrected chi connectivity index (χ0v) is 11.0. The number of pyridine rings is 2. The van der Waals surface area contributed by atoms with Crippen molar-refractivity contribution in [3.63, 3.8) is 0 Å². The Morgan fingerprint density at radius 3 is 2.81 bits per heavy atom. The summed E-state index contributed by atoms with van der Waals surface area (Å²) >= 11 is 0. The van der Waals surface area contributed by atoms with Gasteiger partial charge in [-0.3, -0.25) is 9.97 Å². The first-order valence-corrected chi connectivity index (χ1v) is 6.34. The standard InChI is InChI=1S/C16H11FN2O2/c17-13-2-1-11-5-10(9-19-15(11)8-13)6-14-7-12(16(20)21)3-4-18-14/h1-5,7-9H,6H2,(H,20,21). The number of benzene rings is 1. The second-order valence-corrected chi connectivity index (χ2v) is 4.70. The van der Waals surface area contributed by atoms with Crippen LogP contribution in [0.4, 0.5) is 4.39 Å². The zero-order chi connectivity index (χ0) is 14.8. The minimum atomic E-state index is -0.981. The zero-order valence-electron chi connectivity index (χ0n) is 11.0. The van der Waals surface area contributed by atoms with Gasteiger partial charge < -0.3 is 5.11 Å². The number of hydrogen-bond donors (Lipinski definition) is 1. The number of hydrogen-bond acceptors (Lipinski definition) is 3. The van der Waals surface area contributed by atoms with E-state index in [0.717, 1.165) is 10.9 Å². The van der Waals surface area contributed by atoms with Crippen LogP contribution in [-0.2, 0) is 6.42 Å². The molecule has 0 aliphatic carbocycles. The van der Waals surface area contributed by atoms with Crippen LogP contribution in [0, 0.1) is 5.82 Å². The SMILES string of the molecule is O=C(O)c1ccnc(Cc2cnc3cc(F)ccc3c2)c1. The molecule has 2 heterocycles. The van der Waals surface area contributed by atoms with E-state index in [9.17, 15) is 9.18 Å². The number of carboxylic acids is 1. The number of halogens is 1. The van der Waals surface area contributed by atoms with Crippen molar-refractivity contribution in [2.24, 2.45) is 0 Å². The Balaban J connectivity index is 1.92. The number of aromatic carboxylic acids is 1. The Morgan fingerprint density at radius 2 is 2.00 bits per heavy atom. The first-order chi connectivity index (χ1) is 10.1. The number of nitrogens with zero attached hydrogens (tertiary/aromatic N) is 2. The highest BCUT2D eigenvalue weighted by Crippen LogP contribution is 2.17. The van der Waals surface area contributed by atoms with Gasteiger partial charge in [0, 0.05) is 36.0 Å². The van der Waals surface area contributed by atoms with E-state index in [0.29, 0.717) is 17.6 Å². The average Bonchev–Trinajstić information content (AvgIpc) is 2.48. The highest BCUT2D eigenvalue weighted by atomic mass is 19.1. The minimum Gasteiger partial charge on any atom is -0.478 e. The van der Waals surface area contributed by atoms with Crippen molar-refractivity contribution in [3.05, 3.63) is 71.4 Å². The largest absolute Gasteiger partial charge is 0.478 e. The van der Waals surface area contributed by atoms with Gasteiger partial charge in [-0.2, -0.15) is 0 Å². The monoisotopic (exact) mass is 282 g/mol. The first-order valence-electron chi connectivity index (χ1n) is 6.34. The van der Waals surface area contributed by atoms with Crippen LogP contribution >= 0.6 is 0 Å². The topological polar surface area (TPSA) is 63.1 Å². The maximum atomic E-state index is 13.1. The van der Waals surface area contributed by atoms with E-state index in [4.69, 9.17) is 5.11 Å². The van der Waals surface area contributed by atoms with Crippen molar-refractivity contribution in [1.82, 2.24) is 9.97 Å². The number of carboxylic acid groups (broad SMARTS) is 1. The molecule has 0 bridgehead atoms. The summed E-state index contributed by atoms with van der Waals surface area (Å²) in [6.07, 6.45) is 3.60. The lowest BCUT2D eigenvalue weighted by Crippen LogP contribution is -2.00. The van der Waals surface area contributed by atoms with Gasteiger partial charge in [0.1, 0.15) is 5.82 Å². The van der Waals surface area contributed by atoms with Gasteiger partial charge in [-0.05, 0) is 35.9 Å². The van der Waals surface area contributed by atoms with Crippen LogP contribution in [0.1, 0.15) is 21.6 Å². The number of fused-ring (bicyclic) bond motifs is 1. The molecule has 21 heavy (non-hydrogen) atoms. The third-order valence-corrected chi connectivity index (χ3v) is 3.15. The molecule has 3 aromatic rings. The van der Waals surface area contributed by atoms with Gasteiger partial charge in [-0.25, -0.2) is 9.18 Å². The maximum absolute atomic E-state index is 13.1.